The Labute approximate surface area is 121 Å². The van der Waals surface area contributed by atoms with Crippen molar-refractivity contribution >= 4 is 31.5 Å². The van der Waals surface area contributed by atoms with Crippen molar-refractivity contribution in [2.24, 2.45) is 5.73 Å². The van der Waals surface area contributed by atoms with Crippen molar-refractivity contribution in [2.45, 2.75) is 26.3 Å². The predicted molar refractivity (Wildman–Crippen MR) is 87.6 cm³/mol. The van der Waals surface area contributed by atoms with Crippen LogP contribution in [0.15, 0.2) is 41.2 Å². The first-order valence-electron chi connectivity index (χ1n) is 6.63. The second-order valence-electron chi connectivity index (χ2n) is 5.86. The van der Waals surface area contributed by atoms with Gasteiger partial charge in [0.2, 0.25) is 0 Å². The summed E-state index contributed by atoms with van der Waals surface area (Å²) in [6, 6.07) is 11.9. The van der Waals surface area contributed by atoms with Gasteiger partial charge in [0.25, 0.3) is 0 Å². The zero-order valence-electron chi connectivity index (χ0n) is 11.9. The second-order valence-corrected chi connectivity index (χ2v) is 6.95. The first-order valence-corrected chi connectivity index (χ1v) is 7.44. The minimum absolute atomic E-state index is 0.110. The highest BCUT2D eigenvalue weighted by Gasteiger charge is 2.15. The molecule has 1 heterocycles. The Balaban J connectivity index is 2.41. The summed E-state index contributed by atoms with van der Waals surface area (Å²) in [5, 5.41) is 1.59. The molecule has 0 spiro atoms. The summed E-state index contributed by atoms with van der Waals surface area (Å²) in [6.45, 7) is 5.95. The van der Waals surface area contributed by atoms with E-state index in [9.17, 15) is 4.79 Å². The highest BCUT2D eigenvalue weighted by Crippen LogP contribution is 2.28. The molecule has 0 amide bonds. The summed E-state index contributed by atoms with van der Waals surface area (Å²) in [4.78, 5) is 12.6. The Bertz CT molecular complexity index is 872. The molecule has 0 saturated carbocycles. The molecule has 102 valence electrons. The summed E-state index contributed by atoms with van der Waals surface area (Å²) in [7, 11) is 0. The van der Waals surface area contributed by atoms with E-state index in [1.165, 1.54) is 0 Å². The quantitative estimate of drug-likeness (QED) is 0.688. The predicted octanol–water partition coefficient (Wildman–Crippen LogP) is 3.92. The molecule has 2 N–H and O–H groups in total. The van der Waals surface area contributed by atoms with Gasteiger partial charge in [-0.1, -0.05) is 17.7 Å². The van der Waals surface area contributed by atoms with Crippen LogP contribution >= 0.6 is 11.3 Å². The van der Waals surface area contributed by atoms with E-state index >= 15 is 0 Å². The van der Waals surface area contributed by atoms with E-state index in [-0.39, 0.29) is 5.43 Å². The number of fused-ring (bicyclic) bond motifs is 2. The van der Waals surface area contributed by atoms with Crippen LogP contribution in [0.3, 0.4) is 0 Å². The molecule has 3 aromatic rings. The van der Waals surface area contributed by atoms with Gasteiger partial charge in [0, 0.05) is 25.7 Å². The van der Waals surface area contributed by atoms with Crippen molar-refractivity contribution in [3.8, 4) is 0 Å². The molecule has 0 aliphatic carbocycles. The van der Waals surface area contributed by atoms with Gasteiger partial charge in [-0.2, -0.15) is 0 Å². The third-order valence-electron chi connectivity index (χ3n) is 3.57. The molecular weight excluding hydrogens is 266 g/mol. The van der Waals surface area contributed by atoms with Crippen molar-refractivity contribution in [1.82, 2.24) is 0 Å². The molecule has 2 nitrogen and oxygen atoms in total. The molecule has 0 aliphatic rings. The van der Waals surface area contributed by atoms with Crippen molar-refractivity contribution in [3.05, 3.63) is 57.7 Å². The Hall–Kier alpha value is -1.71. The van der Waals surface area contributed by atoms with Crippen LogP contribution < -0.4 is 11.2 Å². The minimum atomic E-state index is -0.397. The van der Waals surface area contributed by atoms with Crippen molar-refractivity contribution in [3.63, 3.8) is 0 Å². The summed E-state index contributed by atoms with van der Waals surface area (Å²) in [5.74, 6) is 0. The standard InChI is InChI=1S/C17H17NOS/c1-10-4-7-14-13(8-10)16(19)12-6-5-11(17(2,3)18)9-15(12)20-14/h4-9H,18H2,1-3H3. The molecule has 0 aliphatic heterocycles. The smallest absolute Gasteiger partial charge is 0.195 e. The SMILES string of the molecule is Cc1ccc2sc3cc(C(C)(C)N)ccc3c(=O)c2c1. The van der Waals surface area contributed by atoms with Crippen LogP contribution in [0.4, 0.5) is 0 Å². The number of benzene rings is 2. The van der Waals surface area contributed by atoms with E-state index in [1.54, 1.807) is 11.3 Å². The van der Waals surface area contributed by atoms with Crippen molar-refractivity contribution in [1.29, 1.82) is 0 Å². The summed E-state index contributed by atoms with van der Waals surface area (Å²) in [5.41, 5.74) is 8.02. The van der Waals surface area contributed by atoms with Gasteiger partial charge in [-0.05, 0) is 50.6 Å². The molecule has 2 aromatic carbocycles. The average molecular weight is 283 g/mol. The monoisotopic (exact) mass is 283 g/mol. The van der Waals surface area contributed by atoms with Gasteiger partial charge in [-0.3, -0.25) is 4.79 Å². The van der Waals surface area contributed by atoms with Gasteiger partial charge in [0.1, 0.15) is 0 Å². The van der Waals surface area contributed by atoms with E-state index in [2.05, 4.69) is 0 Å². The molecule has 0 atom stereocenters. The summed E-state index contributed by atoms with van der Waals surface area (Å²) in [6.07, 6.45) is 0. The average Bonchev–Trinajstić information content (AvgIpc) is 2.38. The molecule has 0 bridgehead atoms. The minimum Gasteiger partial charge on any atom is -0.322 e. The number of aryl methyl sites for hydroxylation is 1. The van der Waals surface area contributed by atoms with Gasteiger partial charge >= 0.3 is 0 Å². The third kappa shape index (κ3) is 2.13. The molecule has 1 aromatic heterocycles. The maximum absolute atomic E-state index is 12.6. The van der Waals surface area contributed by atoms with E-state index in [0.29, 0.717) is 0 Å². The summed E-state index contributed by atoms with van der Waals surface area (Å²) >= 11 is 1.65. The topological polar surface area (TPSA) is 43.1 Å². The van der Waals surface area contributed by atoms with Crippen LogP contribution in [0.2, 0.25) is 0 Å². The van der Waals surface area contributed by atoms with Crippen LogP contribution in [0.1, 0.15) is 25.0 Å². The molecule has 0 unspecified atom stereocenters. The van der Waals surface area contributed by atoms with Crippen LogP contribution in [0.5, 0.6) is 0 Å². The largest absolute Gasteiger partial charge is 0.322 e. The van der Waals surface area contributed by atoms with Gasteiger partial charge in [0.05, 0.1) is 0 Å². The van der Waals surface area contributed by atoms with E-state index in [1.807, 2.05) is 57.2 Å². The highest BCUT2D eigenvalue weighted by molar-refractivity contribution is 7.24. The molecule has 20 heavy (non-hydrogen) atoms. The van der Waals surface area contributed by atoms with Gasteiger partial charge < -0.3 is 5.73 Å². The zero-order chi connectivity index (χ0) is 14.5. The van der Waals surface area contributed by atoms with E-state index in [0.717, 1.165) is 31.3 Å². The van der Waals surface area contributed by atoms with Crippen molar-refractivity contribution < 1.29 is 0 Å². The molecule has 3 rings (SSSR count). The van der Waals surface area contributed by atoms with Crippen LogP contribution in [0, 0.1) is 6.92 Å². The van der Waals surface area contributed by atoms with Gasteiger partial charge in [-0.15, -0.1) is 11.3 Å². The fraction of sp³-hybridized carbons (Fsp3) is 0.235. The Kier molecular flexibility index (Phi) is 2.92. The second kappa shape index (κ2) is 4.40. The van der Waals surface area contributed by atoms with E-state index < -0.39 is 5.54 Å². The number of hydrogen-bond acceptors (Lipinski definition) is 3. The van der Waals surface area contributed by atoms with Crippen LogP contribution in [-0.2, 0) is 5.54 Å². The third-order valence-corrected chi connectivity index (χ3v) is 4.70. The Morgan fingerprint density at radius 3 is 2.45 bits per heavy atom. The molecule has 3 heteroatoms. The fourth-order valence-corrected chi connectivity index (χ4v) is 3.46. The Morgan fingerprint density at radius 2 is 1.75 bits per heavy atom. The lowest BCUT2D eigenvalue weighted by molar-refractivity contribution is 0.555. The number of nitrogens with two attached hydrogens (primary N) is 1. The highest BCUT2D eigenvalue weighted by atomic mass is 32.1. The number of rotatable bonds is 1. The lowest BCUT2D eigenvalue weighted by atomic mass is 9.95. The van der Waals surface area contributed by atoms with Crippen LogP contribution in [-0.4, -0.2) is 0 Å². The lowest BCUT2D eigenvalue weighted by Gasteiger charge is -2.19. The maximum atomic E-state index is 12.6. The number of hydrogen-bond donors (Lipinski definition) is 1. The zero-order valence-corrected chi connectivity index (χ0v) is 12.7. The van der Waals surface area contributed by atoms with Crippen molar-refractivity contribution in [2.75, 3.05) is 0 Å². The molecule has 0 radical (unpaired) electrons. The fourth-order valence-electron chi connectivity index (χ4n) is 2.37. The van der Waals surface area contributed by atoms with Crippen LogP contribution in [0.25, 0.3) is 20.2 Å². The first-order chi connectivity index (χ1) is 9.36. The lowest BCUT2D eigenvalue weighted by Crippen LogP contribution is -2.28. The van der Waals surface area contributed by atoms with E-state index in [4.69, 9.17) is 5.73 Å². The Morgan fingerprint density at radius 1 is 1.00 bits per heavy atom. The molecule has 0 saturated heterocycles. The molecule has 0 fully saturated rings. The summed E-state index contributed by atoms with van der Waals surface area (Å²) < 4.78 is 2.03. The maximum Gasteiger partial charge on any atom is 0.195 e. The van der Waals surface area contributed by atoms with Gasteiger partial charge in [-0.25, -0.2) is 0 Å². The molecular formula is C17H17NOS. The van der Waals surface area contributed by atoms with Gasteiger partial charge in [0.15, 0.2) is 5.43 Å². The normalized spacial score (nSPS) is 12.2. The first kappa shape index (κ1) is 13.3.